The van der Waals surface area contributed by atoms with E-state index in [1.165, 1.54) is 12.1 Å². The maximum atomic E-state index is 12.1. The molecule has 20 heavy (non-hydrogen) atoms. The van der Waals surface area contributed by atoms with Gasteiger partial charge in [0.1, 0.15) is 0 Å². The van der Waals surface area contributed by atoms with Crippen LogP contribution < -0.4 is 5.32 Å². The number of furan rings is 1. The largest absolute Gasteiger partial charge is 0.475 e. The Morgan fingerprint density at radius 3 is 2.65 bits per heavy atom. The van der Waals surface area contributed by atoms with Crippen molar-refractivity contribution in [3.05, 3.63) is 46.0 Å². The molecule has 0 radical (unpaired) electrons. The summed E-state index contributed by atoms with van der Waals surface area (Å²) in [5.74, 6) is -1.81. The molecule has 2 N–H and O–H groups in total. The van der Waals surface area contributed by atoms with Crippen LogP contribution in [0.4, 0.5) is 0 Å². The molecule has 2 rings (SSSR count). The third kappa shape index (κ3) is 3.27. The molecule has 1 amide bonds. The minimum absolute atomic E-state index is 0.0139. The van der Waals surface area contributed by atoms with E-state index in [1.807, 2.05) is 24.4 Å². The van der Waals surface area contributed by atoms with Gasteiger partial charge in [0.05, 0.1) is 6.04 Å². The highest BCUT2D eigenvalue weighted by Gasteiger charge is 2.19. The van der Waals surface area contributed by atoms with Crippen LogP contribution in [0.3, 0.4) is 0 Å². The van der Waals surface area contributed by atoms with E-state index in [0.29, 0.717) is 0 Å². The van der Waals surface area contributed by atoms with Crippen LogP contribution in [-0.2, 0) is 0 Å². The molecule has 0 fully saturated rings. The quantitative estimate of drug-likeness (QED) is 0.856. The number of carboxylic acid groups (broad SMARTS) is 1. The highest BCUT2D eigenvalue weighted by molar-refractivity contribution is 7.10. The summed E-state index contributed by atoms with van der Waals surface area (Å²) in [7, 11) is 0. The first kappa shape index (κ1) is 14.3. The fourth-order valence-corrected chi connectivity index (χ4v) is 2.68. The summed E-state index contributed by atoms with van der Waals surface area (Å²) in [6, 6.07) is 6.47. The van der Waals surface area contributed by atoms with E-state index in [1.54, 1.807) is 11.3 Å². The number of thiophene rings is 1. The molecule has 106 valence electrons. The molecule has 0 saturated carbocycles. The molecule has 1 atom stereocenters. The molecule has 0 aliphatic heterocycles. The predicted octanol–water partition coefficient (Wildman–Crippen LogP) is 3.31. The van der Waals surface area contributed by atoms with Crippen LogP contribution in [0.5, 0.6) is 0 Å². The van der Waals surface area contributed by atoms with Crippen molar-refractivity contribution < 1.29 is 19.1 Å². The van der Waals surface area contributed by atoms with Gasteiger partial charge in [-0.2, -0.15) is 0 Å². The predicted molar refractivity (Wildman–Crippen MR) is 75.1 cm³/mol. The lowest BCUT2D eigenvalue weighted by atomic mass is 10.1. The summed E-state index contributed by atoms with van der Waals surface area (Å²) < 4.78 is 5.00. The standard InChI is InChI=1S/C14H15NO4S/c1-2-4-9(12-5-3-8-20-12)15-13(16)10-6-7-11(19-10)14(17)18/h3,5-9H,2,4H2,1H3,(H,15,16)(H,17,18). The second-order valence-electron chi connectivity index (χ2n) is 4.30. The van der Waals surface area contributed by atoms with Crippen LogP contribution in [0, 0.1) is 0 Å². The zero-order valence-electron chi connectivity index (χ0n) is 11.0. The Labute approximate surface area is 120 Å². The van der Waals surface area contributed by atoms with Gasteiger partial charge in [0.25, 0.3) is 5.91 Å². The van der Waals surface area contributed by atoms with Crippen LogP contribution in [0.15, 0.2) is 34.1 Å². The van der Waals surface area contributed by atoms with Crippen molar-refractivity contribution in [2.24, 2.45) is 0 Å². The van der Waals surface area contributed by atoms with E-state index in [-0.39, 0.29) is 17.6 Å². The van der Waals surface area contributed by atoms with E-state index in [4.69, 9.17) is 9.52 Å². The number of carbonyl (C=O) groups excluding carboxylic acids is 1. The SMILES string of the molecule is CCCC(NC(=O)c1ccc(C(=O)O)o1)c1cccs1. The smallest absolute Gasteiger partial charge is 0.371 e. The summed E-state index contributed by atoms with van der Waals surface area (Å²) in [6.45, 7) is 2.04. The Morgan fingerprint density at radius 2 is 2.10 bits per heavy atom. The fraction of sp³-hybridized carbons (Fsp3) is 0.286. The van der Waals surface area contributed by atoms with E-state index in [9.17, 15) is 9.59 Å². The third-order valence-electron chi connectivity index (χ3n) is 2.81. The van der Waals surface area contributed by atoms with Crippen molar-refractivity contribution in [2.75, 3.05) is 0 Å². The lowest BCUT2D eigenvalue weighted by Gasteiger charge is -2.15. The van der Waals surface area contributed by atoms with Gasteiger partial charge < -0.3 is 14.8 Å². The van der Waals surface area contributed by atoms with E-state index in [0.717, 1.165) is 17.7 Å². The molecular weight excluding hydrogens is 278 g/mol. The van der Waals surface area contributed by atoms with Crippen molar-refractivity contribution in [3.8, 4) is 0 Å². The first-order chi connectivity index (χ1) is 9.61. The van der Waals surface area contributed by atoms with Crippen LogP contribution in [0.2, 0.25) is 0 Å². The maximum Gasteiger partial charge on any atom is 0.371 e. The zero-order valence-corrected chi connectivity index (χ0v) is 11.8. The molecule has 0 saturated heterocycles. The molecule has 6 heteroatoms. The number of rotatable bonds is 6. The topological polar surface area (TPSA) is 79.5 Å². The second kappa shape index (κ2) is 6.38. The van der Waals surface area contributed by atoms with Gasteiger partial charge in [-0.15, -0.1) is 11.3 Å². The number of aromatic carboxylic acids is 1. The minimum atomic E-state index is -1.19. The molecule has 2 aromatic rings. The normalized spacial score (nSPS) is 12.1. The van der Waals surface area contributed by atoms with Gasteiger partial charge in [0.2, 0.25) is 5.76 Å². The van der Waals surface area contributed by atoms with Crippen molar-refractivity contribution in [3.63, 3.8) is 0 Å². The first-order valence-electron chi connectivity index (χ1n) is 6.29. The Morgan fingerprint density at radius 1 is 1.35 bits per heavy atom. The molecule has 0 spiro atoms. The van der Waals surface area contributed by atoms with Gasteiger partial charge in [-0.1, -0.05) is 19.4 Å². The second-order valence-corrected chi connectivity index (χ2v) is 5.28. The number of nitrogens with one attached hydrogen (secondary N) is 1. The Kier molecular flexibility index (Phi) is 4.57. The van der Waals surface area contributed by atoms with Crippen molar-refractivity contribution in [1.29, 1.82) is 0 Å². The zero-order chi connectivity index (χ0) is 14.5. The average Bonchev–Trinajstić information content (AvgIpc) is 3.09. The third-order valence-corrected chi connectivity index (χ3v) is 3.80. The van der Waals surface area contributed by atoms with Gasteiger partial charge in [0.15, 0.2) is 5.76 Å². The summed E-state index contributed by atoms with van der Waals surface area (Å²) in [6.07, 6.45) is 1.75. The molecule has 2 aromatic heterocycles. The number of hydrogen-bond donors (Lipinski definition) is 2. The highest BCUT2D eigenvalue weighted by atomic mass is 32.1. The van der Waals surface area contributed by atoms with E-state index in [2.05, 4.69) is 5.32 Å². The molecule has 2 heterocycles. The minimum Gasteiger partial charge on any atom is -0.475 e. The first-order valence-corrected chi connectivity index (χ1v) is 7.17. The Hall–Kier alpha value is -2.08. The van der Waals surface area contributed by atoms with Crippen LogP contribution >= 0.6 is 11.3 Å². The van der Waals surface area contributed by atoms with Crippen LogP contribution in [0.25, 0.3) is 0 Å². The number of amides is 1. The molecular formula is C14H15NO4S. The van der Waals surface area contributed by atoms with Gasteiger partial charge in [-0.05, 0) is 30.0 Å². The fourth-order valence-electron chi connectivity index (χ4n) is 1.87. The molecule has 0 aliphatic carbocycles. The van der Waals surface area contributed by atoms with E-state index >= 15 is 0 Å². The van der Waals surface area contributed by atoms with E-state index < -0.39 is 11.9 Å². The summed E-state index contributed by atoms with van der Waals surface area (Å²) in [4.78, 5) is 23.9. The average molecular weight is 293 g/mol. The van der Waals surface area contributed by atoms with Crippen molar-refractivity contribution in [2.45, 2.75) is 25.8 Å². The number of carbonyl (C=O) groups is 2. The molecule has 0 bridgehead atoms. The van der Waals surface area contributed by atoms with Crippen molar-refractivity contribution >= 4 is 23.2 Å². The van der Waals surface area contributed by atoms with Crippen LogP contribution in [0.1, 0.15) is 51.8 Å². The van der Waals surface area contributed by atoms with Gasteiger partial charge in [-0.25, -0.2) is 4.79 Å². The van der Waals surface area contributed by atoms with Gasteiger partial charge >= 0.3 is 5.97 Å². The number of carboxylic acids is 1. The molecule has 5 nitrogen and oxygen atoms in total. The lowest BCUT2D eigenvalue weighted by molar-refractivity contribution is 0.0659. The molecule has 0 aromatic carbocycles. The van der Waals surface area contributed by atoms with Gasteiger partial charge in [-0.3, -0.25) is 4.79 Å². The lowest BCUT2D eigenvalue weighted by Crippen LogP contribution is -2.27. The monoisotopic (exact) mass is 293 g/mol. The Bertz CT molecular complexity index is 588. The summed E-state index contributed by atoms with van der Waals surface area (Å²) in [5, 5.41) is 13.6. The maximum absolute atomic E-state index is 12.1. The molecule has 1 unspecified atom stereocenters. The van der Waals surface area contributed by atoms with Crippen LogP contribution in [-0.4, -0.2) is 17.0 Å². The molecule has 0 aliphatic rings. The number of hydrogen-bond acceptors (Lipinski definition) is 4. The van der Waals surface area contributed by atoms with Gasteiger partial charge in [0, 0.05) is 4.88 Å². The summed E-state index contributed by atoms with van der Waals surface area (Å²) >= 11 is 1.58. The summed E-state index contributed by atoms with van der Waals surface area (Å²) in [5.41, 5.74) is 0. The Balaban J connectivity index is 2.09. The van der Waals surface area contributed by atoms with Crippen molar-refractivity contribution in [1.82, 2.24) is 5.32 Å². The highest BCUT2D eigenvalue weighted by Crippen LogP contribution is 2.23.